The van der Waals surface area contributed by atoms with Crippen LogP contribution in [0.25, 0.3) is 10.9 Å². The van der Waals surface area contributed by atoms with Crippen LogP contribution in [0.3, 0.4) is 0 Å². The Balaban J connectivity index is 1.33. The van der Waals surface area contributed by atoms with Crippen LogP contribution in [-0.2, 0) is 5.67 Å². The van der Waals surface area contributed by atoms with E-state index in [9.17, 15) is 5.11 Å². The van der Waals surface area contributed by atoms with E-state index in [1.807, 2.05) is 24.4 Å². The maximum atomic E-state index is 15.0. The molecular weight excluding hydrogens is 435 g/mol. The highest BCUT2D eigenvalue weighted by molar-refractivity contribution is 5.91. The van der Waals surface area contributed by atoms with Crippen LogP contribution >= 0.6 is 0 Å². The van der Waals surface area contributed by atoms with Crippen molar-refractivity contribution in [2.45, 2.75) is 49.8 Å². The molecule has 3 aliphatic rings. The zero-order valence-corrected chi connectivity index (χ0v) is 19.3. The number of piperidine rings is 1. The molecule has 0 aromatic carbocycles. The van der Waals surface area contributed by atoms with Gasteiger partial charge in [0.1, 0.15) is 17.4 Å². The third-order valence-electron chi connectivity index (χ3n) is 7.33. The van der Waals surface area contributed by atoms with Crippen LogP contribution in [0, 0.1) is 0 Å². The Morgan fingerprint density at radius 1 is 1.09 bits per heavy atom. The lowest BCUT2D eigenvalue weighted by Crippen LogP contribution is -2.34. The van der Waals surface area contributed by atoms with Crippen LogP contribution in [0.15, 0.2) is 30.6 Å². The number of hydrogen-bond donors (Lipinski definition) is 1. The molecule has 0 spiro atoms. The standard InChI is InChI=1S/C25H29FN6O2/c1-34-20-3-2-9-27-22(20)16-4-10-31(11-5-16)23-18-13-21(32-12-6-17(33)15-32)28-14-19(18)29-24(30-23)25(26)7-8-25/h2-3,9,13-14,16-17,33H,4-8,10-12,15H2,1H3/t17-/m0/s1. The van der Waals surface area contributed by atoms with E-state index in [2.05, 4.69) is 24.8 Å². The third-order valence-corrected chi connectivity index (χ3v) is 7.33. The van der Waals surface area contributed by atoms with Gasteiger partial charge in [-0.3, -0.25) is 4.98 Å². The van der Waals surface area contributed by atoms with Crippen LogP contribution in [-0.4, -0.2) is 64.4 Å². The maximum Gasteiger partial charge on any atom is 0.170 e. The first-order chi connectivity index (χ1) is 16.5. The van der Waals surface area contributed by atoms with Gasteiger partial charge in [0.25, 0.3) is 0 Å². The largest absolute Gasteiger partial charge is 0.495 e. The summed E-state index contributed by atoms with van der Waals surface area (Å²) in [5.74, 6) is 2.98. The van der Waals surface area contributed by atoms with Gasteiger partial charge in [0.05, 0.1) is 30.6 Å². The number of aliphatic hydroxyl groups is 1. The molecule has 0 radical (unpaired) electrons. The minimum absolute atomic E-state index is 0.273. The molecule has 3 fully saturated rings. The molecule has 8 nitrogen and oxygen atoms in total. The van der Waals surface area contributed by atoms with Gasteiger partial charge in [-0.25, -0.2) is 19.3 Å². The average Bonchev–Trinajstić information content (AvgIpc) is 3.49. The molecule has 0 amide bonds. The van der Waals surface area contributed by atoms with Crippen molar-refractivity contribution in [2.75, 3.05) is 43.1 Å². The summed E-state index contributed by atoms with van der Waals surface area (Å²) in [6, 6.07) is 5.85. The lowest BCUT2D eigenvalue weighted by molar-refractivity contribution is 0.198. The summed E-state index contributed by atoms with van der Waals surface area (Å²) in [6.07, 6.45) is 6.69. The zero-order chi connectivity index (χ0) is 23.3. The lowest BCUT2D eigenvalue weighted by atomic mass is 9.92. The number of methoxy groups -OCH3 is 1. The zero-order valence-electron chi connectivity index (χ0n) is 19.3. The van der Waals surface area contributed by atoms with Gasteiger partial charge in [-0.15, -0.1) is 0 Å². The summed E-state index contributed by atoms with van der Waals surface area (Å²) in [5, 5.41) is 10.8. The van der Waals surface area contributed by atoms with Gasteiger partial charge in [-0.2, -0.15) is 0 Å². The van der Waals surface area contributed by atoms with E-state index >= 15 is 4.39 Å². The number of alkyl halides is 1. The molecular formula is C25H29FN6O2. The predicted molar refractivity (Wildman–Crippen MR) is 127 cm³/mol. The van der Waals surface area contributed by atoms with Crippen LogP contribution in [0.4, 0.5) is 16.0 Å². The minimum atomic E-state index is -1.42. The van der Waals surface area contributed by atoms with Crippen molar-refractivity contribution in [3.05, 3.63) is 42.1 Å². The monoisotopic (exact) mass is 464 g/mol. The first-order valence-electron chi connectivity index (χ1n) is 12.1. The Morgan fingerprint density at radius 3 is 2.59 bits per heavy atom. The number of halogens is 1. The molecule has 3 aromatic heterocycles. The number of aliphatic hydroxyl groups excluding tert-OH is 1. The number of rotatable bonds is 5. The average molecular weight is 465 g/mol. The normalized spacial score (nSPS) is 22.4. The second-order valence-electron chi connectivity index (χ2n) is 9.64. The van der Waals surface area contributed by atoms with E-state index < -0.39 is 5.67 Å². The number of β-amino-alcohol motifs (C(OH)–C–C–N with tert-alkyl or cyclic N) is 1. The fourth-order valence-corrected chi connectivity index (χ4v) is 5.15. The summed E-state index contributed by atoms with van der Waals surface area (Å²) in [4.78, 5) is 22.8. The molecule has 5 heterocycles. The molecule has 2 saturated heterocycles. The van der Waals surface area contributed by atoms with E-state index in [4.69, 9.17) is 9.72 Å². The molecule has 1 N–H and O–H groups in total. The van der Waals surface area contributed by atoms with Crippen molar-refractivity contribution >= 4 is 22.5 Å². The Bertz CT molecular complexity index is 1210. The highest BCUT2D eigenvalue weighted by Crippen LogP contribution is 2.49. The molecule has 34 heavy (non-hydrogen) atoms. The quantitative estimate of drug-likeness (QED) is 0.615. The highest BCUT2D eigenvalue weighted by atomic mass is 19.1. The van der Waals surface area contributed by atoms with Crippen molar-refractivity contribution in [2.24, 2.45) is 0 Å². The number of anilines is 2. The second-order valence-corrected chi connectivity index (χ2v) is 9.64. The SMILES string of the molecule is COc1cccnc1C1CCN(c2nc(C3(F)CC3)nc3cnc(N4CC[C@H](O)C4)cc23)CC1. The Labute approximate surface area is 197 Å². The van der Waals surface area contributed by atoms with Gasteiger partial charge in [-0.05, 0) is 50.3 Å². The van der Waals surface area contributed by atoms with Crippen LogP contribution in [0.5, 0.6) is 5.75 Å². The van der Waals surface area contributed by atoms with Gasteiger partial charge in [0.15, 0.2) is 11.5 Å². The van der Waals surface area contributed by atoms with Crippen molar-refractivity contribution < 1.29 is 14.2 Å². The molecule has 3 aromatic rings. The molecule has 1 atom stereocenters. The number of aromatic nitrogens is 4. The van der Waals surface area contributed by atoms with Gasteiger partial charge in [-0.1, -0.05) is 0 Å². The first kappa shape index (κ1) is 21.5. The maximum absolute atomic E-state index is 15.0. The number of ether oxygens (including phenoxy) is 1. The first-order valence-corrected chi connectivity index (χ1v) is 12.1. The Morgan fingerprint density at radius 2 is 1.88 bits per heavy atom. The molecule has 1 aliphatic carbocycles. The van der Waals surface area contributed by atoms with E-state index in [-0.39, 0.29) is 11.9 Å². The molecule has 178 valence electrons. The Hall–Kier alpha value is -3.07. The third kappa shape index (κ3) is 3.81. The van der Waals surface area contributed by atoms with Crippen molar-refractivity contribution in [3.8, 4) is 5.75 Å². The smallest absolute Gasteiger partial charge is 0.170 e. The summed E-state index contributed by atoms with van der Waals surface area (Å²) in [6.45, 7) is 2.90. The molecule has 6 rings (SSSR count). The summed E-state index contributed by atoms with van der Waals surface area (Å²) in [7, 11) is 1.68. The van der Waals surface area contributed by atoms with Gasteiger partial charge >= 0.3 is 0 Å². The number of hydrogen-bond acceptors (Lipinski definition) is 8. The summed E-state index contributed by atoms with van der Waals surface area (Å²) >= 11 is 0. The van der Waals surface area contributed by atoms with Gasteiger partial charge in [0, 0.05) is 43.7 Å². The summed E-state index contributed by atoms with van der Waals surface area (Å²) < 4.78 is 20.5. The van der Waals surface area contributed by atoms with Crippen molar-refractivity contribution in [3.63, 3.8) is 0 Å². The van der Waals surface area contributed by atoms with Crippen molar-refractivity contribution in [1.82, 2.24) is 19.9 Å². The second kappa shape index (κ2) is 8.30. The summed E-state index contributed by atoms with van der Waals surface area (Å²) in [5.41, 5.74) is 0.249. The number of nitrogens with zero attached hydrogens (tertiary/aromatic N) is 6. The lowest BCUT2D eigenvalue weighted by Gasteiger charge is -2.34. The molecule has 1 saturated carbocycles. The molecule has 0 unspecified atom stereocenters. The molecule has 9 heteroatoms. The topological polar surface area (TPSA) is 87.5 Å². The number of fused-ring (bicyclic) bond motifs is 1. The van der Waals surface area contributed by atoms with Crippen LogP contribution in [0.1, 0.15) is 49.5 Å². The van der Waals surface area contributed by atoms with Crippen molar-refractivity contribution in [1.29, 1.82) is 0 Å². The fourth-order valence-electron chi connectivity index (χ4n) is 5.15. The van der Waals surface area contributed by atoms with Gasteiger partial charge in [0.2, 0.25) is 0 Å². The van der Waals surface area contributed by atoms with Crippen LogP contribution in [0.2, 0.25) is 0 Å². The highest BCUT2D eigenvalue weighted by Gasteiger charge is 2.48. The number of pyridine rings is 2. The molecule has 0 bridgehead atoms. The predicted octanol–water partition coefficient (Wildman–Crippen LogP) is 3.34. The molecule has 2 aliphatic heterocycles. The van der Waals surface area contributed by atoms with Gasteiger partial charge < -0.3 is 19.6 Å². The van der Waals surface area contributed by atoms with E-state index in [0.717, 1.165) is 67.4 Å². The van der Waals surface area contributed by atoms with E-state index in [1.54, 1.807) is 13.3 Å². The van der Waals surface area contributed by atoms with E-state index in [1.165, 1.54) is 0 Å². The van der Waals surface area contributed by atoms with Crippen LogP contribution < -0.4 is 14.5 Å². The fraction of sp³-hybridized carbons (Fsp3) is 0.520. The van der Waals surface area contributed by atoms with E-state index in [0.29, 0.717) is 30.8 Å². The Kier molecular flexibility index (Phi) is 5.24. The minimum Gasteiger partial charge on any atom is -0.495 e.